The molecular formula is C32H58F2N8O2. The van der Waals surface area contributed by atoms with Gasteiger partial charge in [-0.15, -0.1) is 0 Å². The monoisotopic (exact) mass is 624 g/mol. The van der Waals surface area contributed by atoms with E-state index in [-0.39, 0.29) is 47.8 Å². The minimum atomic E-state index is -1.18. The molecule has 1 aliphatic carbocycles. The topological polar surface area (TPSA) is 123 Å². The fourth-order valence-corrected chi connectivity index (χ4v) is 9.67. The average molecular weight is 625 g/mol. The fraction of sp³-hybridized carbons (Fsp3) is 0.938. The molecule has 2 amide bonds. The highest BCUT2D eigenvalue weighted by Gasteiger charge is 2.66. The number of piperazine rings is 1. The summed E-state index contributed by atoms with van der Waals surface area (Å²) in [6.45, 7) is 11.3. The van der Waals surface area contributed by atoms with Crippen LogP contribution in [0.3, 0.4) is 0 Å². The van der Waals surface area contributed by atoms with E-state index in [1.807, 2.05) is 16.8 Å². The minimum Gasteiger partial charge on any atom is -0.350 e. The first-order valence-electron chi connectivity index (χ1n) is 17.3. The van der Waals surface area contributed by atoms with E-state index in [9.17, 15) is 9.59 Å². The van der Waals surface area contributed by atoms with Crippen LogP contribution in [0.4, 0.5) is 8.78 Å². The molecule has 0 aromatic heterocycles. The summed E-state index contributed by atoms with van der Waals surface area (Å²) in [7, 11) is 1.87. The summed E-state index contributed by atoms with van der Waals surface area (Å²) < 4.78 is 31.0. The standard InChI is InChI=1S/C32H58F2N8O2/c1-5-31-15-21(33)19-39(4)25(16-32(31,6-2)20-31)26(28(35)36)29(43)38-23-18-37-17-22(34)27(23)41-11-13-42(14-12-41)30(44)24-9-8-10-40(24)7-3/h21-28,37H,5-20,35-36H2,1-4H3,(H,38,43). The number of nitrogens with two attached hydrogens (primary N) is 2. The first-order valence-corrected chi connectivity index (χ1v) is 17.3. The third kappa shape index (κ3) is 6.40. The molecule has 4 heterocycles. The van der Waals surface area contributed by atoms with Gasteiger partial charge in [0.2, 0.25) is 11.8 Å². The number of likely N-dealkylation sites (tertiary alicyclic amines) is 2. The molecule has 10 nitrogen and oxygen atoms in total. The second-order valence-corrected chi connectivity index (χ2v) is 14.5. The number of rotatable bonds is 9. The maximum absolute atomic E-state index is 15.6. The van der Waals surface area contributed by atoms with E-state index < -0.39 is 36.5 Å². The van der Waals surface area contributed by atoms with Crippen molar-refractivity contribution in [3.8, 4) is 0 Å². The highest BCUT2D eigenvalue weighted by molar-refractivity contribution is 5.82. The Hall–Kier alpha value is -1.44. The van der Waals surface area contributed by atoms with Gasteiger partial charge in [-0.1, -0.05) is 20.8 Å². The van der Waals surface area contributed by atoms with Crippen molar-refractivity contribution >= 4 is 11.8 Å². The molecule has 4 saturated heterocycles. The van der Waals surface area contributed by atoms with Crippen LogP contribution in [-0.2, 0) is 9.59 Å². The van der Waals surface area contributed by atoms with Gasteiger partial charge in [0.1, 0.15) is 12.3 Å². The SMILES string of the molecule is CCN1CCCC1C(=O)N1CCN(C2C(F)CNCC2NC(=O)C(C(N)N)C2CC3(CC)CC3(CC)CC(F)CN2C)CC1. The molecule has 0 spiro atoms. The predicted octanol–water partition coefficient (Wildman–Crippen LogP) is 0.898. The summed E-state index contributed by atoms with van der Waals surface area (Å²) in [5, 5.41) is 6.31. The van der Waals surface area contributed by atoms with Crippen molar-refractivity contribution in [2.75, 3.05) is 66.0 Å². The van der Waals surface area contributed by atoms with Gasteiger partial charge in [-0.3, -0.25) is 24.3 Å². The second-order valence-electron chi connectivity index (χ2n) is 14.5. The van der Waals surface area contributed by atoms with Crippen molar-refractivity contribution in [2.24, 2.45) is 28.2 Å². The molecule has 4 aliphatic heterocycles. The third-order valence-corrected chi connectivity index (χ3v) is 12.3. The van der Waals surface area contributed by atoms with Gasteiger partial charge < -0.3 is 27.0 Å². The zero-order valence-corrected chi connectivity index (χ0v) is 27.4. The second kappa shape index (κ2) is 13.7. The van der Waals surface area contributed by atoms with E-state index >= 15 is 8.78 Å². The maximum Gasteiger partial charge on any atom is 0.240 e. The first-order chi connectivity index (χ1) is 21.0. The molecule has 5 fully saturated rings. The number of nitrogens with one attached hydrogen (secondary N) is 2. The summed E-state index contributed by atoms with van der Waals surface area (Å²) in [6, 6.07) is -1.36. The number of piperidine rings is 1. The van der Waals surface area contributed by atoms with Gasteiger partial charge in [0, 0.05) is 51.9 Å². The highest BCUT2D eigenvalue weighted by atomic mass is 19.1. The summed E-state index contributed by atoms with van der Waals surface area (Å²) in [5.74, 6) is -0.864. The molecule has 12 heteroatoms. The van der Waals surface area contributed by atoms with Gasteiger partial charge >= 0.3 is 0 Å². The Kier molecular flexibility index (Phi) is 10.6. The van der Waals surface area contributed by atoms with Crippen molar-refractivity contribution in [1.29, 1.82) is 0 Å². The Morgan fingerprint density at radius 1 is 1.00 bits per heavy atom. The van der Waals surface area contributed by atoms with E-state index in [0.717, 1.165) is 51.6 Å². The molecule has 5 rings (SSSR count). The summed E-state index contributed by atoms with van der Waals surface area (Å²) >= 11 is 0. The average Bonchev–Trinajstić information content (AvgIpc) is 3.33. The van der Waals surface area contributed by atoms with Crippen molar-refractivity contribution in [3.05, 3.63) is 0 Å². The number of hydrogen-bond donors (Lipinski definition) is 4. The lowest BCUT2D eigenvalue weighted by atomic mass is 9.75. The first kappa shape index (κ1) is 33.9. The number of carbonyl (C=O) groups excluding carboxylic acids is 2. The van der Waals surface area contributed by atoms with E-state index in [1.54, 1.807) is 0 Å². The summed E-state index contributed by atoms with van der Waals surface area (Å²) in [4.78, 5) is 35.6. The molecule has 9 unspecified atom stereocenters. The molecule has 6 N–H and O–H groups in total. The zero-order chi connectivity index (χ0) is 31.8. The molecule has 0 aromatic carbocycles. The number of hydrogen-bond acceptors (Lipinski definition) is 8. The Morgan fingerprint density at radius 3 is 2.32 bits per heavy atom. The van der Waals surface area contributed by atoms with Crippen molar-refractivity contribution < 1.29 is 18.4 Å². The number of fused-ring (bicyclic) bond motifs is 1. The predicted molar refractivity (Wildman–Crippen MR) is 168 cm³/mol. The summed E-state index contributed by atoms with van der Waals surface area (Å²) in [5.41, 5.74) is 12.6. The number of nitrogens with zero attached hydrogens (tertiary/aromatic N) is 4. The van der Waals surface area contributed by atoms with Crippen LogP contribution < -0.4 is 22.1 Å². The number of amides is 2. The van der Waals surface area contributed by atoms with Crippen LogP contribution in [-0.4, -0.2) is 140 Å². The molecule has 0 radical (unpaired) electrons. The van der Waals surface area contributed by atoms with Gasteiger partial charge in [0.25, 0.3) is 0 Å². The zero-order valence-electron chi connectivity index (χ0n) is 27.4. The smallest absolute Gasteiger partial charge is 0.240 e. The number of alkyl halides is 2. The van der Waals surface area contributed by atoms with E-state index in [0.29, 0.717) is 39.1 Å². The van der Waals surface area contributed by atoms with Crippen molar-refractivity contribution in [3.63, 3.8) is 0 Å². The molecule has 44 heavy (non-hydrogen) atoms. The molecule has 1 saturated carbocycles. The molecule has 252 valence electrons. The van der Waals surface area contributed by atoms with Crippen molar-refractivity contribution in [2.45, 2.75) is 108 Å². The lowest BCUT2D eigenvalue weighted by molar-refractivity contribution is -0.138. The number of carbonyl (C=O) groups is 2. The number of likely N-dealkylation sites (N-methyl/N-ethyl adjacent to an activating group) is 1. The molecular weight excluding hydrogens is 566 g/mol. The van der Waals surface area contributed by atoms with E-state index in [1.165, 1.54) is 0 Å². The molecule has 9 atom stereocenters. The van der Waals surface area contributed by atoms with Gasteiger partial charge in [-0.05, 0) is 75.9 Å². The minimum absolute atomic E-state index is 0.0262. The van der Waals surface area contributed by atoms with E-state index in [2.05, 4.69) is 41.2 Å². The number of halogens is 2. The van der Waals surface area contributed by atoms with Crippen LogP contribution in [0.2, 0.25) is 0 Å². The van der Waals surface area contributed by atoms with Gasteiger partial charge in [0.05, 0.1) is 30.2 Å². The van der Waals surface area contributed by atoms with Crippen LogP contribution in [0.5, 0.6) is 0 Å². The fourth-order valence-electron chi connectivity index (χ4n) is 9.67. The Bertz CT molecular complexity index is 1010. The lowest BCUT2D eigenvalue weighted by Gasteiger charge is -2.47. The molecule has 5 aliphatic rings. The maximum atomic E-state index is 15.6. The summed E-state index contributed by atoms with van der Waals surface area (Å²) in [6.07, 6.45) is 2.97. The van der Waals surface area contributed by atoms with E-state index in [4.69, 9.17) is 11.5 Å². The molecule has 0 bridgehead atoms. The quantitative estimate of drug-likeness (QED) is 0.279. The Morgan fingerprint density at radius 2 is 1.68 bits per heavy atom. The van der Waals surface area contributed by atoms with Gasteiger partial charge in [-0.2, -0.15) is 0 Å². The van der Waals surface area contributed by atoms with Crippen LogP contribution in [0.15, 0.2) is 0 Å². The van der Waals surface area contributed by atoms with Crippen molar-refractivity contribution in [1.82, 2.24) is 30.2 Å². The third-order valence-electron chi connectivity index (χ3n) is 12.3. The molecule has 0 aromatic rings. The van der Waals surface area contributed by atoms with Gasteiger partial charge in [-0.25, -0.2) is 8.78 Å². The normalized spacial score (nSPS) is 39.9. The van der Waals surface area contributed by atoms with Crippen LogP contribution >= 0.6 is 0 Å². The van der Waals surface area contributed by atoms with Gasteiger partial charge in [0.15, 0.2) is 0 Å². The largest absolute Gasteiger partial charge is 0.350 e. The highest BCUT2D eigenvalue weighted by Crippen LogP contribution is 2.73. The Labute approximate surface area is 262 Å². The van der Waals surface area contributed by atoms with Crippen LogP contribution in [0.25, 0.3) is 0 Å². The van der Waals surface area contributed by atoms with Crippen LogP contribution in [0, 0.1) is 16.7 Å². The lowest BCUT2D eigenvalue weighted by Crippen LogP contribution is -2.69. The Balaban J connectivity index is 1.27. The van der Waals surface area contributed by atoms with Crippen LogP contribution in [0.1, 0.15) is 65.7 Å².